The van der Waals surface area contributed by atoms with E-state index in [1.165, 1.54) is 0 Å². The Labute approximate surface area is 102 Å². The molecule has 0 aromatic heterocycles. The van der Waals surface area contributed by atoms with Crippen LogP contribution in [-0.2, 0) is 6.39 Å². The summed E-state index contributed by atoms with van der Waals surface area (Å²) >= 11 is 0.115. The molecule has 2 rings (SSSR count). The Kier molecular flexibility index (Phi) is 2.72. The second-order valence-electron chi connectivity index (χ2n) is 3.20. The van der Waals surface area contributed by atoms with Crippen molar-refractivity contribution in [2.24, 2.45) is 0 Å². The molecule has 0 saturated heterocycles. The monoisotopic (exact) mass is 414 g/mol. The van der Waals surface area contributed by atoms with Gasteiger partial charge in [-0.05, 0) is 0 Å². The molecule has 2 aromatic rings. The molecule has 0 aliphatic carbocycles. The number of nitrogens with two attached hydrogens (primary N) is 1. The molecule has 0 fully saturated rings. The summed E-state index contributed by atoms with van der Waals surface area (Å²) in [5.41, 5.74) is 6.40. The van der Waals surface area contributed by atoms with Gasteiger partial charge in [0.25, 0.3) is 0 Å². The van der Waals surface area contributed by atoms with E-state index in [0.29, 0.717) is 16.0 Å². The fourth-order valence-electron chi connectivity index (χ4n) is 1.53. The predicted octanol–water partition coefficient (Wildman–Crippen LogP) is 1.28. The number of nitrogen functional groups attached to an aromatic ring is 1. The van der Waals surface area contributed by atoms with Crippen molar-refractivity contribution < 1.29 is 8.42 Å². The minimum absolute atomic E-state index is 0.115. The quantitative estimate of drug-likeness (QED) is 0.566. The number of hydrogen-bond acceptors (Lipinski definition) is 3. The summed E-state index contributed by atoms with van der Waals surface area (Å²) < 4.78 is 23.2. The second-order valence-corrected chi connectivity index (χ2v) is 10.9. The Bertz CT molecular complexity index is 622. The molecule has 0 amide bonds. The Hall–Kier alpha value is -0.628. The molecule has 0 aliphatic rings. The van der Waals surface area contributed by atoms with E-state index in [2.05, 4.69) is 0 Å². The van der Waals surface area contributed by atoms with Gasteiger partial charge in [-0.25, -0.2) is 0 Å². The van der Waals surface area contributed by atoms with E-state index in [1.807, 2.05) is 18.2 Å². The van der Waals surface area contributed by atoms with Crippen LogP contribution in [0.1, 0.15) is 0 Å². The summed E-state index contributed by atoms with van der Waals surface area (Å²) in [6.07, 6.45) is -3.06. The van der Waals surface area contributed by atoms with E-state index in [1.54, 1.807) is 18.2 Å². The van der Waals surface area contributed by atoms with Crippen LogP contribution in [0.25, 0.3) is 10.8 Å². The minimum atomic E-state index is -3.06. The molecule has 0 heterocycles. The van der Waals surface area contributed by atoms with Crippen LogP contribution in [0.2, 0.25) is 0 Å². The van der Waals surface area contributed by atoms with Gasteiger partial charge in [-0.3, -0.25) is 0 Å². The summed E-state index contributed by atoms with van der Waals surface area (Å²) in [7, 11) is 0. The van der Waals surface area contributed by atoms with Crippen molar-refractivity contribution in [1.29, 1.82) is 0 Å². The normalized spacial score (nSPS) is 11.8. The van der Waals surface area contributed by atoms with Crippen molar-refractivity contribution >= 4 is 47.1 Å². The van der Waals surface area contributed by atoms with Crippen molar-refractivity contribution in [3.8, 4) is 0 Å². The zero-order chi connectivity index (χ0) is 11.1. The van der Waals surface area contributed by atoms with Crippen LogP contribution in [0.3, 0.4) is 0 Å². The number of benzene rings is 2. The molecular weight excluding hydrogens is 405 g/mol. The summed E-state index contributed by atoms with van der Waals surface area (Å²) in [5, 5.41) is 1.52. The molecule has 3 radical (unpaired) electrons. The average molecular weight is 413 g/mol. The Balaban J connectivity index is 2.96. The topological polar surface area (TPSA) is 60.2 Å². The van der Waals surface area contributed by atoms with E-state index in [-0.39, 0.29) is 24.3 Å². The van der Waals surface area contributed by atoms with Crippen LogP contribution in [-0.4, -0.2) is 32.7 Å². The summed E-state index contributed by atoms with van der Waals surface area (Å²) in [4.78, 5) is 0.388. The summed E-state index contributed by atoms with van der Waals surface area (Å²) in [6.45, 7) is 0. The molecule has 3 nitrogen and oxygen atoms in total. The van der Waals surface area contributed by atoms with Crippen LogP contribution in [0.15, 0.2) is 41.3 Å². The molecule has 0 unspecified atom stereocenters. The second kappa shape index (κ2) is 3.75. The predicted molar refractivity (Wildman–Crippen MR) is 61.3 cm³/mol. The van der Waals surface area contributed by atoms with E-state index >= 15 is 0 Å². The van der Waals surface area contributed by atoms with Crippen molar-refractivity contribution in [2.45, 2.75) is 4.90 Å². The van der Waals surface area contributed by atoms with Crippen molar-refractivity contribution in [3.63, 3.8) is 0 Å². The molecule has 2 N–H and O–H groups in total. The number of rotatable bonds is 1. The summed E-state index contributed by atoms with van der Waals surface area (Å²) in [6, 6.07) is 10.5. The maximum absolute atomic E-state index is 11.6. The van der Waals surface area contributed by atoms with E-state index < -0.39 is 6.39 Å². The first-order chi connectivity index (χ1) is 7.00. The zero-order valence-corrected chi connectivity index (χ0v) is 12.5. The van der Waals surface area contributed by atoms with Gasteiger partial charge in [-0.15, -0.1) is 0 Å². The molecule has 0 aliphatic heterocycles. The third kappa shape index (κ3) is 2.00. The Morgan fingerprint density at radius 1 is 1.00 bits per heavy atom. The Morgan fingerprint density at radius 3 is 2.20 bits per heavy atom. The first kappa shape index (κ1) is 10.9. The third-order valence-corrected chi connectivity index (χ3v) is 5.71. The number of anilines is 1. The van der Waals surface area contributed by atoms with Gasteiger partial charge >= 0.3 is 103 Å². The number of hydrogen-bond donors (Lipinski definition) is 1. The average Bonchev–Trinajstić information content (AvgIpc) is 2.17. The standard InChI is InChI=1S/C10H8NO2S.Pb/c11-9-5-6-10(14(12)13)8-4-2-1-3-7(8)9;/h1-6H,11H2;. The fraction of sp³-hybridized carbons (Fsp3) is 0. The van der Waals surface area contributed by atoms with Crippen LogP contribution in [0.5, 0.6) is 0 Å². The van der Waals surface area contributed by atoms with E-state index in [4.69, 9.17) is 5.73 Å². The Morgan fingerprint density at radius 2 is 1.60 bits per heavy atom. The fourth-order valence-corrected chi connectivity index (χ4v) is 4.32. The molecule has 0 saturated carbocycles. The van der Waals surface area contributed by atoms with Gasteiger partial charge in [0.2, 0.25) is 0 Å². The number of fused-ring (bicyclic) bond motifs is 1. The molecule has 2 aromatic carbocycles. The maximum atomic E-state index is 11.6. The van der Waals surface area contributed by atoms with E-state index in [9.17, 15) is 8.42 Å². The van der Waals surface area contributed by atoms with Gasteiger partial charge < -0.3 is 0 Å². The van der Waals surface area contributed by atoms with Crippen molar-refractivity contribution in [2.75, 3.05) is 5.73 Å². The van der Waals surface area contributed by atoms with Crippen LogP contribution >= 0.6 is 0 Å². The van der Waals surface area contributed by atoms with Gasteiger partial charge in [0.1, 0.15) is 0 Å². The van der Waals surface area contributed by atoms with Gasteiger partial charge in [0, 0.05) is 0 Å². The zero-order valence-electron chi connectivity index (χ0n) is 7.77. The molecule has 5 heteroatoms. The summed E-state index contributed by atoms with van der Waals surface area (Å²) in [5.74, 6) is 0. The third-order valence-electron chi connectivity index (χ3n) is 2.21. The first-order valence-electron chi connectivity index (χ1n) is 4.27. The molecule has 0 atom stereocenters. The molecule has 15 heavy (non-hydrogen) atoms. The van der Waals surface area contributed by atoms with Gasteiger partial charge in [0.05, 0.1) is 0 Å². The SMILES string of the molecule is Nc1ccc([S](=O)(=O)[Pb])c2ccccc12. The van der Waals surface area contributed by atoms with Gasteiger partial charge in [0.15, 0.2) is 0 Å². The molecule has 0 bridgehead atoms. The molecule has 0 spiro atoms. The first-order valence-corrected chi connectivity index (χ1v) is 10.5. The van der Waals surface area contributed by atoms with Gasteiger partial charge in [-0.2, -0.15) is 0 Å². The van der Waals surface area contributed by atoms with Crippen LogP contribution in [0, 0.1) is 0 Å². The molecular formula is C10H8NO2PbS. The van der Waals surface area contributed by atoms with E-state index in [0.717, 1.165) is 5.39 Å². The van der Waals surface area contributed by atoms with Gasteiger partial charge in [-0.1, -0.05) is 0 Å². The van der Waals surface area contributed by atoms with Crippen molar-refractivity contribution in [1.82, 2.24) is 0 Å². The van der Waals surface area contributed by atoms with Crippen molar-refractivity contribution in [3.05, 3.63) is 36.4 Å². The molecule has 75 valence electrons. The van der Waals surface area contributed by atoms with Crippen LogP contribution in [0.4, 0.5) is 5.69 Å². The van der Waals surface area contributed by atoms with Crippen LogP contribution < -0.4 is 5.73 Å².